The first-order chi connectivity index (χ1) is 48.2. The SMILES string of the molecule is CC(=O)N[C@@H]1C(O)O[C@H](CO)[C@@H](C)[C@@H]1O.CC(=O)N[C@@H]1[C@@H]2OC[C@@H](O2)[C@@H](C)[C@@H]1O.CC(=O)N[C@@H]1[C@@H]2OC[C@@H](O2)[C@@H]2O[C@H]12.CC(=O)O.CO.CO.CO.COC(=O)C1(O)C[C@H](O)[C@@H](C)[C@H]([C@H](OC)[C@H](O)CO)O1.CO[C@@H]([C@@H]1OC(O)(C(=O)O)C[C@H](O)[C@H]1C)[C@H](O)CO.C[C@H]1[C@H](O)[C@H](N)C(O)O[C@@H]1CO.Cl. The van der Waals surface area contributed by atoms with E-state index in [0.717, 1.165) is 35.4 Å². The lowest BCUT2D eigenvalue weighted by Crippen LogP contribution is -2.60. The third kappa shape index (κ3) is 29.1. The van der Waals surface area contributed by atoms with E-state index in [1.807, 2.05) is 6.92 Å². The van der Waals surface area contributed by atoms with E-state index in [9.17, 15) is 75.0 Å². The predicted octanol–water partition coefficient (Wildman–Crippen LogP) is -10.3. The van der Waals surface area contributed by atoms with Gasteiger partial charge in [0, 0.05) is 106 Å². The molecule has 9 rings (SSSR count). The van der Waals surface area contributed by atoms with E-state index in [4.69, 9.17) is 114 Å². The lowest BCUT2D eigenvalue weighted by atomic mass is 9.84. The van der Waals surface area contributed by atoms with E-state index in [0.29, 0.717) is 13.2 Å². The fourth-order valence-corrected chi connectivity index (χ4v) is 11.6. The first-order valence-corrected chi connectivity index (χ1v) is 32.5. The number of nitrogens with two attached hydrogens (primary N) is 1. The van der Waals surface area contributed by atoms with Gasteiger partial charge in [-0.25, -0.2) is 9.59 Å². The minimum atomic E-state index is -2.54. The highest BCUT2D eigenvalue weighted by Gasteiger charge is 2.62. The zero-order valence-corrected chi connectivity index (χ0v) is 61.6. The summed E-state index contributed by atoms with van der Waals surface area (Å²) in [5.41, 5.74) is 5.42. The number of fused-ring (bicyclic) bond motifs is 6. The van der Waals surface area contributed by atoms with Crippen molar-refractivity contribution in [1.82, 2.24) is 16.0 Å². The van der Waals surface area contributed by atoms with Crippen LogP contribution in [0.3, 0.4) is 0 Å². The van der Waals surface area contributed by atoms with Crippen LogP contribution in [0, 0.1) is 29.6 Å². The molecule has 42 nitrogen and oxygen atoms in total. The highest BCUT2D eigenvalue weighted by atomic mass is 35.5. The molecule has 616 valence electrons. The monoisotopic (exact) mass is 1550 g/mol. The molecule has 25 N–H and O–H groups in total. The molecule has 4 bridgehead atoms. The molecule has 0 aromatic heterocycles. The van der Waals surface area contributed by atoms with Crippen molar-refractivity contribution < 1.29 is 188 Å². The number of rotatable bonds is 15. The summed E-state index contributed by atoms with van der Waals surface area (Å²) in [7, 11) is 6.62. The van der Waals surface area contributed by atoms with Crippen LogP contribution in [-0.4, -0.2) is 385 Å². The van der Waals surface area contributed by atoms with Crippen molar-refractivity contribution in [3.8, 4) is 0 Å². The Labute approximate surface area is 607 Å². The van der Waals surface area contributed by atoms with Crippen LogP contribution in [0.1, 0.15) is 75.2 Å². The van der Waals surface area contributed by atoms with Crippen molar-refractivity contribution >= 4 is 48.0 Å². The highest BCUT2D eigenvalue weighted by Crippen LogP contribution is 2.42. The second-order valence-electron chi connectivity index (χ2n) is 24.8. The van der Waals surface area contributed by atoms with Crippen LogP contribution in [-0.2, 0) is 85.6 Å². The number of nitrogens with one attached hydrogen (secondary N) is 3. The first kappa shape index (κ1) is 102. The molecule has 32 atom stereocenters. The summed E-state index contributed by atoms with van der Waals surface area (Å²) in [4.78, 5) is 64.2. The third-order valence-corrected chi connectivity index (χ3v) is 17.6. The van der Waals surface area contributed by atoms with Crippen LogP contribution in [0.15, 0.2) is 0 Å². The number of ether oxygens (including phenoxy) is 12. The van der Waals surface area contributed by atoms with E-state index >= 15 is 0 Å². The zero-order chi connectivity index (χ0) is 80.0. The van der Waals surface area contributed by atoms with E-state index in [1.165, 1.54) is 35.0 Å². The van der Waals surface area contributed by atoms with Gasteiger partial charge in [-0.2, -0.15) is 0 Å². The lowest BCUT2D eigenvalue weighted by Gasteiger charge is -2.44. The Bertz CT molecular complexity index is 2460. The molecule has 0 aromatic carbocycles. The fraction of sp³-hybridized carbons (Fsp3) is 0.902. The number of aliphatic hydroxyl groups excluding tert-OH is 16. The van der Waals surface area contributed by atoms with Crippen molar-refractivity contribution in [3.05, 3.63) is 0 Å². The minimum absolute atomic E-state index is 0. The van der Waals surface area contributed by atoms with Crippen molar-refractivity contribution in [2.45, 2.75) is 240 Å². The Morgan fingerprint density at radius 3 is 1.28 bits per heavy atom. The van der Waals surface area contributed by atoms with Gasteiger partial charge in [-0.1, -0.05) is 34.6 Å². The van der Waals surface area contributed by atoms with Gasteiger partial charge in [0.2, 0.25) is 17.7 Å². The van der Waals surface area contributed by atoms with E-state index in [2.05, 4.69) is 20.7 Å². The number of carbonyl (C=O) groups is 6. The predicted molar refractivity (Wildman–Crippen MR) is 352 cm³/mol. The molecule has 0 spiro atoms. The molecule has 0 aliphatic carbocycles. The molecule has 0 saturated carbocycles. The lowest BCUT2D eigenvalue weighted by molar-refractivity contribution is -0.305. The topological polar surface area (TPSA) is 683 Å². The fourth-order valence-electron chi connectivity index (χ4n) is 11.6. The number of epoxide rings is 1. The van der Waals surface area contributed by atoms with Crippen molar-refractivity contribution in [3.63, 3.8) is 0 Å². The summed E-state index contributed by atoms with van der Waals surface area (Å²) in [6.07, 6.45) is -16.3. The second-order valence-corrected chi connectivity index (χ2v) is 24.8. The van der Waals surface area contributed by atoms with Gasteiger partial charge in [0.05, 0.1) is 114 Å². The van der Waals surface area contributed by atoms with Crippen LogP contribution in [0.4, 0.5) is 0 Å². The number of amides is 3. The number of aliphatic hydroxyl groups is 18. The van der Waals surface area contributed by atoms with Crippen LogP contribution in [0.25, 0.3) is 0 Å². The molecule has 104 heavy (non-hydrogen) atoms. The number of aliphatic carboxylic acids is 2. The van der Waals surface area contributed by atoms with Crippen LogP contribution in [0.2, 0.25) is 0 Å². The average molecular weight is 1550 g/mol. The molecule has 3 amide bonds. The summed E-state index contributed by atoms with van der Waals surface area (Å²) >= 11 is 0. The van der Waals surface area contributed by atoms with Gasteiger partial charge >= 0.3 is 11.9 Å². The van der Waals surface area contributed by atoms with Gasteiger partial charge in [-0.05, 0) is 0 Å². The number of carbonyl (C=O) groups excluding carboxylic acids is 4. The average Bonchev–Trinajstić information content (AvgIpc) is 1.57. The highest BCUT2D eigenvalue weighted by molar-refractivity contribution is 5.85. The van der Waals surface area contributed by atoms with Crippen molar-refractivity contribution in [2.75, 3.05) is 82.3 Å². The first-order valence-electron chi connectivity index (χ1n) is 32.5. The van der Waals surface area contributed by atoms with Gasteiger partial charge < -0.3 is 181 Å². The molecule has 4 unspecified atom stereocenters. The van der Waals surface area contributed by atoms with E-state index < -0.39 is 177 Å². The maximum atomic E-state index is 11.6. The molecule has 9 saturated heterocycles. The number of methoxy groups -OCH3 is 3. The van der Waals surface area contributed by atoms with Crippen LogP contribution in [0.5, 0.6) is 0 Å². The van der Waals surface area contributed by atoms with Gasteiger partial charge in [0.15, 0.2) is 25.2 Å². The number of esters is 1. The van der Waals surface area contributed by atoms with E-state index in [-0.39, 0.29) is 104 Å². The summed E-state index contributed by atoms with van der Waals surface area (Å²) in [6, 6.07) is -2.20. The molecular weight excluding hydrogens is 1430 g/mol. The Kier molecular flexibility index (Phi) is 48.2. The Hall–Kier alpha value is -4.09. The van der Waals surface area contributed by atoms with Crippen molar-refractivity contribution in [2.24, 2.45) is 35.3 Å². The number of carboxylic acids is 2. The molecule has 0 aromatic rings. The second kappa shape index (κ2) is 49.1. The van der Waals surface area contributed by atoms with Gasteiger partial charge in [-0.15, -0.1) is 12.4 Å². The number of hydrogen-bond acceptors (Lipinski definition) is 37. The molecule has 9 aliphatic heterocycles. The van der Waals surface area contributed by atoms with Crippen LogP contribution < -0.4 is 21.7 Å². The molecule has 9 fully saturated rings. The van der Waals surface area contributed by atoms with Crippen LogP contribution >= 0.6 is 12.4 Å². The maximum absolute atomic E-state index is 11.6. The van der Waals surface area contributed by atoms with E-state index in [1.54, 1.807) is 27.7 Å². The summed E-state index contributed by atoms with van der Waals surface area (Å²) in [5.74, 6) is -10.7. The summed E-state index contributed by atoms with van der Waals surface area (Å²) < 4.78 is 62.0. The molecule has 43 heteroatoms. The zero-order valence-electron chi connectivity index (χ0n) is 60.8. The molecular formula is C61H117ClN4O38. The normalized spacial score (nSPS) is 38.9. The number of carboxylic acid groups (broad SMARTS) is 2. The Morgan fingerprint density at radius 2 is 0.875 bits per heavy atom. The standard InChI is InChI=1S/C12H22O8.C11H20O8.C9H17NO5.C9H15NO4.C8H11NO4.C7H15NO4.C2H4O2.3CH4O.ClH/c1-6-7(14)4-12(17,11(16)19-3)20-9(6)10(18-2)8(15)5-13;1-5-6(13)3-11(17,10(15)16)19-8(5)9(18-2)7(14)4-12;1-4-6(3-11)15-9(14)7(8(4)13)10-5(2)12;1-4-6-3-13-9(14-6)7(8(4)12)10-5(2)11;1-3(10)9-5-7-6(13-7)4-2-11-8(5)12-4;1-3-4(2-9)12-7(11)5(8)6(3)10;1-2(3)4;3*1-2;/h6-10,13-15,17H,4-5H2,1-3H3;5-9,12-14,17H,3-4H2,1-2H3,(H,15,16);4,6-9,11,13-14H,3H2,1-2H3,(H,10,12);4,6-9,12H,3H2,1-2H3,(H,10,11);4-8H,2H2,1H3,(H,9,10);3-7,9-11H,2,8H2,1H3;1H3,(H,3,4);3*2H,1H3;1H/t6-,7+,8-,9-,10-,12?;5-,6+,7-,8-,9-,11?;4-,6-,7+,8+,9?;4-,6-,7+,8+,9-;4-,5+,6+,7-,8-;3-,4-,5+,6+,7?;;;;;/m111111...../s1. The largest absolute Gasteiger partial charge is 0.481 e. The third-order valence-electron chi connectivity index (χ3n) is 17.6. The molecule has 0 radical (unpaired) electrons. The van der Waals surface area contributed by atoms with Gasteiger partial charge in [-0.3, -0.25) is 19.2 Å². The number of halogens is 1. The summed E-state index contributed by atoms with van der Waals surface area (Å²) in [5, 5.41) is 188. The van der Waals surface area contributed by atoms with Crippen molar-refractivity contribution in [1.29, 1.82) is 0 Å². The smallest absolute Gasteiger partial charge is 0.366 e. The molecule has 9 heterocycles. The number of hydrogen-bond donors (Lipinski definition) is 24. The Morgan fingerprint density at radius 1 is 0.510 bits per heavy atom. The maximum Gasteiger partial charge on any atom is 0.366 e. The minimum Gasteiger partial charge on any atom is -0.481 e. The summed E-state index contributed by atoms with van der Waals surface area (Å²) in [6.45, 7) is 13.2. The van der Waals surface area contributed by atoms with Gasteiger partial charge in [0.25, 0.3) is 17.5 Å². The quantitative estimate of drug-likeness (QED) is 0.0535. The Balaban J connectivity index is 0. The molecule has 9 aliphatic rings. The van der Waals surface area contributed by atoms with Gasteiger partial charge in [0.1, 0.15) is 60.9 Å².